The quantitative estimate of drug-likeness (QED) is 0.870. The van der Waals surface area contributed by atoms with E-state index in [2.05, 4.69) is 5.32 Å². The van der Waals surface area contributed by atoms with Crippen LogP contribution in [0.4, 0.5) is 4.39 Å². The van der Waals surface area contributed by atoms with Gasteiger partial charge in [-0.05, 0) is 43.4 Å². The highest BCUT2D eigenvalue weighted by atomic mass is 35.5. The van der Waals surface area contributed by atoms with Crippen LogP contribution in [0.5, 0.6) is 0 Å². The van der Waals surface area contributed by atoms with Crippen LogP contribution in [0.1, 0.15) is 37.4 Å². The Morgan fingerprint density at radius 2 is 2.00 bits per heavy atom. The van der Waals surface area contributed by atoms with Crippen molar-refractivity contribution >= 4 is 23.5 Å². The van der Waals surface area contributed by atoms with E-state index in [0.717, 1.165) is 0 Å². The fourth-order valence-electron chi connectivity index (χ4n) is 3.50. The van der Waals surface area contributed by atoms with E-state index in [9.17, 15) is 14.0 Å². The van der Waals surface area contributed by atoms with Gasteiger partial charge in [-0.3, -0.25) is 9.59 Å². The molecule has 1 amide bonds. The minimum absolute atomic E-state index is 0.0444. The Hall–Kier alpha value is -1.66. The van der Waals surface area contributed by atoms with Gasteiger partial charge in [0.05, 0.1) is 17.0 Å². The molecule has 1 saturated heterocycles. The van der Waals surface area contributed by atoms with Crippen LogP contribution >= 0.6 is 11.6 Å². The molecule has 4 atom stereocenters. The lowest BCUT2D eigenvalue weighted by Crippen LogP contribution is -2.40. The van der Waals surface area contributed by atoms with Gasteiger partial charge >= 0.3 is 5.97 Å². The fourth-order valence-corrected chi connectivity index (χ4v) is 3.62. The third-order valence-electron chi connectivity index (χ3n) is 4.84. The molecule has 1 aliphatic heterocycles. The normalized spacial score (nSPS) is 29.6. The molecule has 1 aromatic carbocycles. The number of carbonyl (C=O) groups excluding carboxylic acids is 1. The van der Waals surface area contributed by atoms with E-state index >= 15 is 0 Å². The number of carbonyl (C=O) groups is 2. The number of hydrogen-bond donors (Lipinski definition) is 2. The Morgan fingerprint density at radius 1 is 1.25 bits per heavy atom. The Bertz CT molecular complexity index is 653. The van der Waals surface area contributed by atoms with Crippen molar-refractivity contribution in [1.82, 2.24) is 5.32 Å². The highest BCUT2D eigenvalue weighted by Gasteiger charge is 2.37. The average molecular weight is 356 g/mol. The molecule has 7 heteroatoms. The molecule has 0 spiro atoms. The number of amides is 1. The van der Waals surface area contributed by atoms with Gasteiger partial charge in [-0.25, -0.2) is 4.39 Å². The van der Waals surface area contributed by atoms with Gasteiger partial charge in [-0.2, -0.15) is 0 Å². The molecule has 2 N–H and O–H groups in total. The Kier molecular flexibility index (Phi) is 5.06. The van der Waals surface area contributed by atoms with Gasteiger partial charge in [0.1, 0.15) is 11.9 Å². The maximum Gasteiger partial charge on any atom is 0.306 e. The average Bonchev–Trinajstić information content (AvgIpc) is 3.19. The zero-order chi connectivity index (χ0) is 17.3. The maximum absolute atomic E-state index is 13.7. The summed E-state index contributed by atoms with van der Waals surface area (Å²) in [7, 11) is 0. The highest BCUT2D eigenvalue weighted by molar-refractivity contribution is 6.30. The Morgan fingerprint density at radius 3 is 2.67 bits per heavy atom. The van der Waals surface area contributed by atoms with Crippen molar-refractivity contribution < 1.29 is 23.8 Å². The van der Waals surface area contributed by atoms with Crippen LogP contribution in [0.3, 0.4) is 0 Å². The van der Waals surface area contributed by atoms with Crippen molar-refractivity contribution in [3.05, 3.63) is 34.6 Å². The number of hydrogen-bond acceptors (Lipinski definition) is 3. The summed E-state index contributed by atoms with van der Waals surface area (Å²) in [6.45, 7) is 0.474. The molecule has 2 unspecified atom stereocenters. The van der Waals surface area contributed by atoms with Gasteiger partial charge in [-0.15, -0.1) is 0 Å². The number of ether oxygens (including phenoxy) is 1. The van der Waals surface area contributed by atoms with Gasteiger partial charge < -0.3 is 15.2 Å². The van der Waals surface area contributed by atoms with Crippen LogP contribution in [-0.4, -0.2) is 29.6 Å². The van der Waals surface area contributed by atoms with Gasteiger partial charge in [-0.1, -0.05) is 17.7 Å². The molecule has 2 fully saturated rings. The second-order valence-corrected chi connectivity index (χ2v) is 6.82. The SMILES string of the molecule is O=C(O)[C@@H]1CC[C@H](C(=O)NC2CCOC2c2ccc(Cl)c(F)c2)C1. The summed E-state index contributed by atoms with van der Waals surface area (Å²) >= 11 is 5.70. The summed E-state index contributed by atoms with van der Waals surface area (Å²) in [4.78, 5) is 23.4. The third-order valence-corrected chi connectivity index (χ3v) is 5.15. The first-order chi connectivity index (χ1) is 11.5. The Labute approximate surface area is 144 Å². The maximum atomic E-state index is 13.7. The molecule has 1 aromatic rings. The second-order valence-electron chi connectivity index (χ2n) is 6.41. The summed E-state index contributed by atoms with van der Waals surface area (Å²) in [6, 6.07) is 4.24. The lowest BCUT2D eigenvalue weighted by Gasteiger charge is -2.22. The number of halogens is 2. The molecule has 2 aliphatic rings. The van der Waals surface area contributed by atoms with E-state index in [-0.39, 0.29) is 22.9 Å². The molecular weight excluding hydrogens is 337 g/mol. The van der Waals surface area contributed by atoms with Crippen LogP contribution in [0.2, 0.25) is 5.02 Å². The molecule has 1 heterocycles. The molecule has 0 aromatic heterocycles. The number of carboxylic acid groups (broad SMARTS) is 1. The lowest BCUT2D eigenvalue weighted by molar-refractivity contribution is -0.141. The first kappa shape index (κ1) is 17.2. The largest absolute Gasteiger partial charge is 0.481 e. The molecule has 0 bridgehead atoms. The summed E-state index contributed by atoms with van der Waals surface area (Å²) < 4.78 is 19.3. The minimum atomic E-state index is -0.844. The first-order valence-electron chi connectivity index (χ1n) is 8.05. The van der Waals surface area contributed by atoms with E-state index in [1.165, 1.54) is 12.1 Å². The molecule has 5 nitrogen and oxygen atoms in total. The smallest absolute Gasteiger partial charge is 0.306 e. The van der Waals surface area contributed by atoms with Crippen LogP contribution < -0.4 is 5.32 Å². The molecule has 1 aliphatic carbocycles. The highest BCUT2D eigenvalue weighted by Crippen LogP contribution is 2.34. The van der Waals surface area contributed by atoms with Crippen LogP contribution in [0, 0.1) is 17.7 Å². The number of benzene rings is 1. The van der Waals surface area contributed by atoms with Gasteiger partial charge in [0.15, 0.2) is 0 Å². The van der Waals surface area contributed by atoms with Gasteiger partial charge in [0, 0.05) is 12.5 Å². The number of nitrogens with one attached hydrogen (secondary N) is 1. The summed E-state index contributed by atoms with van der Waals surface area (Å²) in [6.07, 6.45) is 1.69. The number of carboxylic acids is 1. The van der Waals surface area contributed by atoms with E-state index in [0.29, 0.717) is 37.9 Å². The summed E-state index contributed by atoms with van der Waals surface area (Å²) in [5.74, 6) is -2.23. The van der Waals surface area contributed by atoms with Crippen LogP contribution in [0.25, 0.3) is 0 Å². The van der Waals surface area contributed by atoms with E-state index in [4.69, 9.17) is 21.4 Å². The molecule has 3 rings (SSSR count). The zero-order valence-corrected chi connectivity index (χ0v) is 13.8. The topological polar surface area (TPSA) is 75.6 Å². The summed E-state index contributed by atoms with van der Waals surface area (Å²) in [5.41, 5.74) is 0.634. The van der Waals surface area contributed by atoms with Crippen molar-refractivity contribution in [3.8, 4) is 0 Å². The van der Waals surface area contributed by atoms with Crippen LogP contribution in [0.15, 0.2) is 18.2 Å². The van der Waals surface area contributed by atoms with Gasteiger partial charge in [0.25, 0.3) is 0 Å². The minimum Gasteiger partial charge on any atom is -0.481 e. The van der Waals surface area contributed by atoms with E-state index in [1.807, 2.05) is 0 Å². The van der Waals surface area contributed by atoms with Gasteiger partial charge in [0.2, 0.25) is 5.91 Å². The van der Waals surface area contributed by atoms with Crippen molar-refractivity contribution in [2.75, 3.05) is 6.61 Å². The standard InChI is InChI=1S/C17H19ClFNO4/c18-12-4-3-9(8-13(12)19)15-14(5-6-24-15)20-16(21)10-1-2-11(7-10)17(22)23/h3-4,8,10-11,14-15H,1-2,5-7H2,(H,20,21)(H,22,23)/t10-,11+,14?,15?/m0/s1. The monoisotopic (exact) mass is 355 g/mol. The molecule has 0 radical (unpaired) electrons. The predicted octanol–water partition coefficient (Wildman–Crippen LogP) is 2.93. The molecule has 130 valence electrons. The first-order valence-corrected chi connectivity index (χ1v) is 8.43. The second kappa shape index (κ2) is 7.07. The van der Waals surface area contributed by atoms with E-state index < -0.39 is 23.8 Å². The molecular formula is C17H19ClFNO4. The molecule has 24 heavy (non-hydrogen) atoms. The van der Waals surface area contributed by atoms with Crippen molar-refractivity contribution in [2.24, 2.45) is 11.8 Å². The summed E-state index contributed by atoms with van der Waals surface area (Å²) in [5, 5.41) is 12.0. The van der Waals surface area contributed by atoms with E-state index in [1.54, 1.807) is 6.07 Å². The zero-order valence-electron chi connectivity index (χ0n) is 13.0. The van der Waals surface area contributed by atoms with Crippen LogP contribution in [-0.2, 0) is 14.3 Å². The molecule has 1 saturated carbocycles. The lowest BCUT2D eigenvalue weighted by atomic mass is 9.99. The predicted molar refractivity (Wildman–Crippen MR) is 85.1 cm³/mol. The Balaban J connectivity index is 1.64. The third kappa shape index (κ3) is 3.54. The number of aliphatic carboxylic acids is 1. The fraction of sp³-hybridized carbons (Fsp3) is 0.529. The van der Waals surface area contributed by atoms with Crippen molar-refractivity contribution in [2.45, 2.75) is 37.8 Å². The number of rotatable bonds is 4. The van der Waals surface area contributed by atoms with Crippen molar-refractivity contribution in [3.63, 3.8) is 0 Å². The van der Waals surface area contributed by atoms with Crippen molar-refractivity contribution in [1.29, 1.82) is 0 Å².